The number of aliphatic imine (C=N–C) groups is 1. The summed E-state index contributed by atoms with van der Waals surface area (Å²) in [6.45, 7) is 5.13. The van der Waals surface area contributed by atoms with Gasteiger partial charge in [0, 0.05) is 0 Å². The van der Waals surface area contributed by atoms with Crippen LogP contribution in [0.2, 0.25) is 0 Å². The molecule has 29 heavy (non-hydrogen) atoms. The standard InChI is InChI=1S/C21H21BrN2O4S/c1-3-26-17-11-14(12-18-20(25)24-21(23)29-18)10-15(22)19(17)28-9-8-27-16-7-5-4-6-13(16)2/h4-7,10-12H,3,8-9H2,1-2H3,(H2,23,24,25)/b18-12+. The smallest absolute Gasteiger partial charge is 0.286 e. The fourth-order valence-corrected chi connectivity index (χ4v) is 3.92. The Morgan fingerprint density at radius 2 is 1.90 bits per heavy atom. The summed E-state index contributed by atoms with van der Waals surface area (Å²) < 4.78 is 18.1. The number of hydrogen-bond donors (Lipinski definition) is 1. The van der Waals surface area contributed by atoms with E-state index in [0.29, 0.717) is 36.2 Å². The van der Waals surface area contributed by atoms with Crippen molar-refractivity contribution < 1.29 is 19.0 Å². The minimum absolute atomic E-state index is 0.249. The number of nitrogens with zero attached hydrogens (tertiary/aromatic N) is 1. The summed E-state index contributed by atoms with van der Waals surface area (Å²) >= 11 is 4.68. The number of ether oxygens (including phenoxy) is 3. The number of para-hydroxylation sites is 1. The molecule has 6 nitrogen and oxygen atoms in total. The van der Waals surface area contributed by atoms with E-state index in [1.165, 1.54) is 0 Å². The van der Waals surface area contributed by atoms with E-state index in [1.807, 2.05) is 50.2 Å². The molecule has 0 unspecified atom stereocenters. The molecule has 2 aromatic rings. The fourth-order valence-electron chi connectivity index (χ4n) is 2.66. The molecule has 0 atom stereocenters. The third kappa shape index (κ3) is 5.55. The Balaban J connectivity index is 1.70. The second-order valence-corrected chi connectivity index (χ2v) is 8.01. The molecule has 0 aliphatic carbocycles. The van der Waals surface area contributed by atoms with Crippen molar-refractivity contribution in [2.24, 2.45) is 10.7 Å². The molecule has 0 bridgehead atoms. The Labute approximate surface area is 182 Å². The molecule has 0 saturated heterocycles. The summed E-state index contributed by atoms with van der Waals surface area (Å²) in [4.78, 5) is 16.0. The molecular formula is C21H21BrN2O4S. The predicted molar refractivity (Wildman–Crippen MR) is 120 cm³/mol. The zero-order valence-electron chi connectivity index (χ0n) is 16.1. The Morgan fingerprint density at radius 3 is 2.59 bits per heavy atom. The van der Waals surface area contributed by atoms with E-state index in [2.05, 4.69) is 20.9 Å². The highest BCUT2D eigenvalue weighted by atomic mass is 79.9. The molecule has 0 saturated carbocycles. The second-order valence-electron chi connectivity index (χ2n) is 6.09. The van der Waals surface area contributed by atoms with E-state index < -0.39 is 0 Å². The van der Waals surface area contributed by atoms with Crippen LogP contribution in [0.25, 0.3) is 6.08 Å². The van der Waals surface area contributed by atoms with Crippen molar-refractivity contribution in [1.82, 2.24) is 0 Å². The van der Waals surface area contributed by atoms with Crippen molar-refractivity contribution >= 4 is 44.8 Å². The maximum absolute atomic E-state index is 11.8. The minimum Gasteiger partial charge on any atom is -0.490 e. The molecule has 1 amide bonds. The van der Waals surface area contributed by atoms with Crippen LogP contribution >= 0.6 is 27.7 Å². The first kappa shape index (κ1) is 21.3. The van der Waals surface area contributed by atoms with Crippen LogP contribution in [0.3, 0.4) is 0 Å². The van der Waals surface area contributed by atoms with Gasteiger partial charge in [-0.1, -0.05) is 18.2 Å². The summed E-state index contributed by atoms with van der Waals surface area (Å²) in [6.07, 6.45) is 1.73. The van der Waals surface area contributed by atoms with Crippen LogP contribution in [0.15, 0.2) is 50.8 Å². The number of rotatable bonds is 8. The zero-order valence-corrected chi connectivity index (χ0v) is 18.5. The number of hydrogen-bond acceptors (Lipinski definition) is 6. The molecule has 2 aromatic carbocycles. The molecule has 0 aromatic heterocycles. The molecule has 1 heterocycles. The summed E-state index contributed by atoms with van der Waals surface area (Å²) in [5, 5.41) is 0.249. The van der Waals surface area contributed by atoms with Gasteiger partial charge in [-0.3, -0.25) is 4.79 Å². The van der Waals surface area contributed by atoms with Crippen LogP contribution in [0, 0.1) is 6.92 Å². The van der Waals surface area contributed by atoms with Gasteiger partial charge in [0.25, 0.3) is 5.91 Å². The van der Waals surface area contributed by atoms with Crippen LogP contribution in [-0.4, -0.2) is 30.9 Å². The van der Waals surface area contributed by atoms with Crippen molar-refractivity contribution in [2.75, 3.05) is 19.8 Å². The third-order valence-corrected chi connectivity index (χ3v) is 5.35. The molecule has 152 valence electrons. The van der Waals surface area contributed by atoms with Crippen LogP contribution < -0.4 is 19.9 Å². The second kappa shape index (κ2) is 9.84. The average Bonchev–Trinajstić information content (AvgIpc) is 2.99. The number of amidine groups is 1. The number of aryl methyl sites for hydroxylation is 1. The van der Waals surface area contributed by atoms with Gasteiger partial charge in [-0.2, -0.15) is 4.99 Å². The van der Waals surface area contributed by atoms with Crippen LogP contribution in [0.4, 0.5) is 0 Å². The number of carbonyl (C=O) groups excluding carboxylic acids is 1. The molecule has 0 radical (unpaired) electrons. The van der Waals surface area contributed by atoms with Crippen LogP contribution in [0.5, 0.6) is 17.2 Å². The van der Waals surface area contributed by atoms with Crippen LogP contribution in [0.1, 0.15) is 18.1 Å². The van der Waals surface area contributed by atoms with Gasteiger partial charge < -0.3 is 19.9 Å². The lowest BCUT2D eigenvalue weighted by molar-refractivity contribution is -0.113. The molecule has 0 spiro atoms. The normalized spacial score (nSPS) is 14.8. The monoisotopic (exact) mass is 476 g/mol. The third-order valence-electron chi connectivity index (χ3n) is 3.95. The summed E-state index contributed by atoms with van der Waals surface area (Å²) in [6, 6.07) is 11.5. The predicted octanol–water partition coefficient (Wildman–Crippen LogP) is 4.54. The molecule has 1 aliphatic rings. The van der Waals surface area contributed by atoms with Gasteiger partial charge in [0.15, 0.2) is 16.7 Å². The lowest BCUT2D eigenvalue weighted by atomic mass is 10.2. The van der Waals surface area contributed by atoms with Gasteiger partial charge in [-0.15, -0.1) is 0 Å². The fraction of sp³-hybridized carbons (Fsp3) is 0.238. The van der Waals surface area contributed by atoms with Crippen molar-refractivity contribution in [1.29, 1.82) is 0 Å². The number of benzene rings is 2. The number of amides is 1. The summed E-state index contributed by atoms with van der Waals surface area (Å²) in [5.41, 5.74) is 7.46. The van der Waals surface area contributed by atoms with Gasteiger partial charge in [0.2, 0.25) is 0 Å². The highest BCUT2D eigenvalue weighted by molar-refractivity contribution is 9.10. The van der Waals surface area contributed by atoms with E-state index in [9.17, 15) is 4.79 Å². The van der Waals surface area contributed by atoms with E-state index in [1.54, 1.807) is 6.08 Å². The number of thioether (sulfide) groups is 1. The number of halogens is 1. The molecule has 2 N–H and O–H groups in total. The highest BCUT2D eigenvalue weighted by Crippen LogP contribution is 2.38. The lowest BCUT2D eigenvalue weighted by Crippen LogP contribution is -2.11. The van der Waals surface area contributed by atoms with Crippen LogP contribution in [-0.2, 0) is 4.79 Å². The largest absolute Gasteiger partial charge is 0.490 e. The Hall–Kier alpha value is -2.45. The number of carbonyl (C=O) groups is 1. The van der Waals surface area contributed by atoms with E-state index in [4.69, 9.17) is 19.9 Å². The van der Waals surface area contributed by atoms with E-state index in [0.717, 1.165) is 33.1 Å². The highest BCUT2D eigenvalue weighted by Gasteiger charge is 2.20. The van der Waals surface area contributed by atoms with Gasteiger partial charge >= 0.3 is 0 Å². The molecule has 1 aliphatic heterocycles. The maximum Gasteiger partial charge on any atom is 0.286 e. The average molecular weight is 477 g/mol. The van der Waals surface area contributed by atoms with Gasteiger partial charge in [0.05, 0.1) is 16.0 Å². The molecule has 0 fully saturated rings. The molecule has 8 heteroatoms. The first-order chi connectivity index (χ1) is 14.0. The lowest BCUT2D eigenvalue weighted by Gasteiger charge is -2.15. The Morgan fingerprint density at radius 1 is 1.14 bits per heavy atom. The SMILES string of the molecule is CCOc1cc(/C=C2/SC(N)=NC2=O)cc(Br)c1OCCOc1ccccc1C. The van der Waals surface area contributed by atoms with Gasteiger partial charge in [-0.05, 0) is 76.9 Å². The number of nitrogens with two attached hydrogens (primary N) is 1. The minimum atomic E-state index is -0.338. The first-order valence-electron chi connectivity index (χ1n) is 9.03. The van der Waals surface area contributed by atoms with E-state index in [-0.39, 0.29) is 11.1 Å². The van der Waals surface area contributed by atoms with Gasteiger partial charge in [0.1, 0.15) is 19.0 Å². The topological polar surface area (TPSA) is 83.1 Å². The first-order valence-corrected chi connectivity index (χ1v) is 10.6. The van der Waals surface area contributed by atoms with Crippen molar-refractivity contribution in [2.45, 2.75) is 13.8 Å². The summed E-state index contributed by atoms with van der Waals surface area (Å²) in [5.74, 6) is 1.66. The van der Waals surface area contributed by atoms with Gasteiger partial charge in [-0.25, -0.2) is 0 Å². The van der Waals surface area contributed by atoms with E-state index >= 15 is 0 Å². The maximum atomic E-state index is 11.8. The van der Waals surface area contributed by atoms with Crippen molar-refractivity contribution in [3.63, 3.8) is 0 Å². The Kier molecular flexibility index (Phi) is 7.22. The zero-order chi connectivity index (χ0) is 20.8. The van der Waals surface area contributed by atoms with Crippen molar-refractivity contribution in [3.05, 3.63) is 56.9 Å². The Bertz CT molecular complexity index is 975. The molecule has 3 rings (SSSR count). The summed E-state index contributed by atoms with van der Waals surface area (Å²) in [7, 11) is 0. The molecular weight excluding hydrogens is 456 g/mol. The quantitative estimate of drug-likeness (QED) is 0.444. The van der Waals surface area contributed by atoms with Crippen molar-refractivity contribution in [3.8, 4) is 17.2 Å².